The Labute approximate surface area is 166 Å². The van der Waals surface area contributed by atoms with Crippen LogP contribution in [0.4, 0.5) is 0 Å². The third-order valence-electron chi connectivity index (χ3n) is 5.13. The first kappa shape index (κ1) is 18.4. The number of aromatic amines is 1. The topological polar surface area (TPSA) is 88.2 Å². The molecule has 7 nitrogen and oxygen atoms in total. The van der Waals surface area contributed by atoms with Gasteiger partial charge in [0.2, 0.25) is 5.91 Å². The van der Waals surface area contributed by atoms with Crippen LogP contribution in [-0.2, 0) is 33.8 Å². The van der Waals surface area contributed by atoms with Crippen LogP contribution in [0.3, 0.4) is 0 Å². The Bertz CT molecular complexity index is 1030. The molecule has 0 radical (unpaired) electrons. The molecule has 0 saturated heterocycles. The number of hydrogen-bond acceptors (Lipinski definition) is 5. The minimum atomic E-state index is -0.504. The van der Waals surface area contributed by atoms with E-state index in [1.54, 1.807) is 23.5 Å². The molecule has 1 unspecified atom stereocenters. The first-order chi connectivity index (χ1) is 13.6. The second kappa shape index (κ2) is 7.59. The van der Waals surface area contributed by atoms with Crippen LogP contribution in [0.1, 0.15) is 23.1 Å². The number of methoxy groups -OCH3 is 1. The number of carbonyl (C=O) groups is 2. The molecule has 3 heterocycles. The maximum Gasteiger partial charge on any atom is 0.306 e. The van der Waals surface area contributed by atoms with Crippen LogP contribution in [0, 0.1) is 5.92 Å². The van der Waals surface area contributed by atoms with E-state index in [-0.39, 0.29) is 12.3 Å². The van der Waals surface area contributed by atoms with Gasteiger partial charge >= 0.3 is 5.97 Å². The number of halogens is 1. The van der Waals surface area contributed by atoms with Gasteiger partial charge in [0.15, 0.2) is 0 Å². The molecule has 144 valence electrons. The van der Waals surface area contributed by atoms with Crippen LogP contribution in [-0.4, -0.2) is 39.1 Å². The summed E-state index contributed by atoms with van der Waals surface area (Å²) in [7, 11) is 1.33. The number of fused-ring (bicyclic) bond motifs is 3. The standard InChI is InChI=1S/C20H19ClN4O3/c1-28-18(26)8-14-6-13-7-17(21)19-15(9-23-24-19)16(13)11-25(20(14)27)10-12-2-4-22-5-3-12/h2-5,7,9,14H,6,8,10-11H2,1H3,(H,23,24). The van der Waals surface area contributed by atoms with Crippen molar-refractivity contribution >= 4 is 34.4 Å². The van der Waals surface area contributed by atoms with Crippen molar-refractivity contribution in [2.75, 3.05) is 7.11 Å². The molecule has 1 aliphatic rings. The SMILES string of the molecule is COC(=O)CC1Cc2cc(Cl)c3[nH]ncc3c2CN(Cc2ccncc2)C1=O. The van der Waals surface area contributed by atoms with Crippen molar-refractivity contribution in [2.24, 2.45) is 5.92 Å². The molecule has 0 spiro atoms. The average molecular weight is 399 g/mol. The van der Waals surface area contributed by atoms with Crippen molar-refractivity contribution in [3.8, 4) is 0 Å². The Hall–Kier alpha value is -2.93. The Kier molecular flexibility index (Phi) is 5.00. The van der Waals surface area contributed by atoms with Gasteiger partial charge in [-0.05, 0) is 41.3 Å². The molecule has 28 heavy (non-hydrogen) atoms. The molecule has 0 bridgehead atoms. The maximum atomic E-state index is 13.3. The van der Waals surface area contributed by atoms with Crippen LogP contribution in [0.5, 0.6) is 0 Å². The number of benzene rings is 1. The molecular weight excluding hydrogens is 380 g/mol. The molecule has 8 heteroatoms. The predicted octanol–water partition coefficient (Wildman–Crippen LogP) is 2.88. The van der Waals surface area contributed by atoms with Gasteiger partial charge in [0, 0.05) is 30.9 Å². The molecule has 1 amide bonds. The monoisotopic (exact) mass is 398 g/mol. The van der Waals surface area contributed by atoms with E-state index in [1.807, 2.05) is 18.2 Å². The summed E-state index contributed by atoms with van der Waals surface area (Å²) in [6, 6.07) is 5.62. The van der Waals surface area contributed by atoms with Gasteiger partial charge in [-0.15, -0.1) is 0 Å². The van der Waals surface area contributed by atoms with E-state index in [0.29, 0.717) is 24.5 Å². The zero-order valence-electron chi connectivity index (χ0n) is 15.3. The minimum Gasteiger partial charge on any atom is -0.469 e. The molecule has 2 aromatic heterocycles. The predicted molar refractivity (Wildman–Crippen MR) is 103 cm³/mol. The summed E-state index contributed by atoms with van der Waals surface area (Å²) in [6.45, 7) is 0.849. The van der Waals surface area contributed by atoms with E-state index in [0.717, 1.165) is 27.6 Å². The quantitative estimate of drug-likeness (QED) is 0.683. The van der Waals surface area contributed by atoms with E-state index >= 15 is 0 Å². The third kappa shape index (κ3) is 3.45. The number of ether oxygens (including phenoxy) is 1. The van der Waals surface area contributed by atoms with Crippen molar-refractivity contribution in [1.82, 2.24) is 20.1 Å². The highest BCUT2D eigenvalue weighted by Crippen LogP contribution is 2.34. The number of amides is 1. The second-order valence-corrected chi connectivity index (χ2v) is 7.29. The number of rotatable bonds is 4. The summed E-state index contributed by atoms with van der Waals surface area (Å²) >= 11 is 6.40. The minimum absolute atomic E-state index is 0.0304. The molecule has 3 aromatic rings. The van der Waals surface area contributed by atoms with E-state index in [9.17, 15) is 9.59 Å². The number of nitrogens with zero attached hydrogens (tertiary/aromatic N) is 3. The van der Waals surface area contributed by atoms with Crippen LogP contribution >= 0.6 is 11.6 Å². The first-order valence-electron chi connectivity index (χ1n) is 8.94. The fourth-order valence-corrected chi connectivity index (χ4v) is 3.99. The van der Waals surface area contributed by atoms with E-state index in [4.69, 9.17) is 16.3 Å². The highest BCUT2D eigenvalue weighted by Gasteiger charge is 2.33. The highest BCUT2D eigenvalue weighted by molar-refractivity contribution is 6.35. The lowest BCUT2D eigenvalue weighted by atomic mass is 9.93. The van der Waals surface area contributed by atoms with Crippen molar-refractivity contribution in [2.45, 2.75) is 25.9 Å². The van der Waals surface area contributed by atoms with Crippen LogP contribution in [0.2, 0.25) is 5.02 Å². The first-order valence-corrected chi connectivity index (χ1v) is 9.32. The summed E-state index contributed by atoms with van der Waals surface area (Å²) in [4.78, 5) is 31.0. The van der Waals surface area contributed by atoms with Crippen molar-refractivity contribution in [1.29, 1.82) is 0 Å². The molecule has 0 fully saturated rings. The zero-order valence-corrected chi connectivity index (χ0v) is 16.1. The lowest BCUT2D eigenvalue weighted by Crippen LogP contribution is -2.35. The number of hydrogen-bond donors (Lipinski definition) is 1. The summed E-state index contributed by atoms with van der Waals surface area (Å²) < 4.78 is 4.81. The number of H-pyrrole nitrogens is 1. The number of pyridine rings is 1. The Morgan fingerprint density at radius 2 is 2.18 bits per heavy atom. The molecule has 1 atom stereocenters. The summed E-state index contributed by atoms with van der Waals surface area (Å²) in [5.41, 5.74) is 3.69. The van der Waals surface area contributed by atoms with Gasteiger partial charge in [-0.3, -0.25) is 19.7 Å². The van der Waals surface area contributed by atoms with E-state index in [2.05, 4.69) is 15.2 Å². The van der Waals surface area contributed by atoms with E-state index in [1.165, 1.54) is 7.11 Å². The second-order valence-electron chi connectivity index (χ2n) is 6.89. The van der Waals surface area contributed by atoms with Crippen LogP contribution in [0.15, 0.2) is 36.8 Å². The van der Waals surface area contributed by atoms with Crippen LogP contribution < -0.4 is 0 Å². The van der Waals surface area contributed by atoms with Gasteiger partial charge in [0.05, 0.1) is 36.2 Å². The molecule has 1 aliphatic heterocycles. The average Bonchev–Trinajstić information content (AvgIpc) is 3.16. The number of nitrogens with one attached hydrogen (secondary N) is 1. The molecular formula is C20H19ClN4O3. The fourth-order valence-electron chi connectivity index (χ4n) is 3.72. The van der Waals surface area contributed by atoms with Crippen molar-refractivity contribution in [3.63, 3.8) is 0 Å². The largest absolute Gasteiger partial charge is 0.469 e. The smallest absolute Gasteiger partial charge is 0.306 e. The number of carbonyl (C=O) groups excluding carboxylic acids is 2. The highest BCUT2D eigenvalue weighted by atomic mass is 35.5. The Morgan fingerprint density at radius 3 is 2.93 bits per heavy atom. The molecule has 0 aliphatic carbocycles. The normalized spacial score (nSPS) is 16.7. The molecule has 0 saturated carbocycles. The summed E-state index contributed by atoms with van der Waals surface area (Å²) in [5.74, 6) is -0.983. The Morgan fingerprint density at radius 1 is 1.39 bits per heavy atom. The fraction of sp³-hybridized carbons (Fsp3) is 0.300. The summed E-state index contributed by atoms with van der Waals surface area (Å²) in [6.07, 6.45) is 5.59. The Balaban J connectivity index is 1.77. The molecule has 1 aromatic carbocycles. The molecule has 1 N–H and O–H groups in total. The van der Waals surface area contributed by atoms with Gasteiger partial charge in [-0.25, -0.2) is 0 Å². The van der Waals surface area contributed by atoms with Crippen molar-refractivity contribution in [3.05, 3.63) is 58.5 Å². The number of aromatic nitrogens is 3. The lowest BCUT2D eigenvalue weighted by Gasteiger charge is -2.24. The van der Waals surface area contributed by atoms with Crippen molar-refractivity contribution < 1.29 is 14.3 Å². The van der Waals surface area contributed by atoms with Crippen LogP contribution in [0.25, 0.3) is 10.9 Å². The maximum absolute atomic E-state index is 13.3. The van der Waals surface area contributed by atoms with Gasteiger partial charge in [-0.1, -0.05) is 11.6 Å². The van der Waals surface area contributed by atoms with E-state index < -0.39 is 11.9 Å². The zero-order chi connectivity index (χ0) is 19.7. The van der Waals surface area contributed by atoms with Gasteiger partial charge in [-0.2, -0.15) is 5.10 Å². The number of esters is 1. The van der Waals surface area contributed by atoms with Gasteiger partial charge in [0.1, 0.15) is 0 Å². The lowest BCUT2D eigenvalue weighted by molar-refractivity contribution is -0.147. The molecule has 4 rings (SSSR count). The van der Waals surface area contributed by atoms with Gasteiger partial charge in [0.25, 0.3) is 0 Å². The summed E-state index contributed by atoms with van der Waals surface area (Å²) in [5, 5.41) is 8.48. The third-order valence-corrected chi connectivity index (χ3v) is 5.43. The van der Waals surface area contributed by atoms with Gasteiger partial charge < -0.3 is 9.64 Å².